The fourth-order valence-corrected chi connectivity index (χ4v) is 3.19. The summed E-state index contributed by atoms with van der Waals surface area (Å²) < 4.78 is 0. The zero-order chi connectivity index (χ0) is 13.9. The third-order valence-corrected chi connectivity index (χ3v) is 4.53. The van der Waals surface area contributed by atoms with E-state index in [-0.39, 0.29) is 0 Å². The van der Waals surface area contributed by atoms with E-state index in [1.165, 1.54) is 38.2 Å². The lowest BCUT2D eigenvalue weighted by atomic mass is 9.91. The molecule has 1 aromatic heterocycles. The topological polar surface area (TPSA) is 44.0 Å². The van der Waals surface area contributed by atoms with E-state index in [0.717, 1.165) is 16.8 Å². The molecule has 2 N–H and O–H groups in total. The Kier molecular flexibility index (Phi) is 3.92. The van der Waals surface area contributed by atoms with Crippen LogP contribution in [-0.2, 0) is 0 Å². The standard InChI is InChI=1S/C16H24N4/c1-3-20-8-4-5-14(11-20)12(2)18-15-7-6-13-10-17-19-16(13)9-15/h6-7,9-10,12,14,18H,3-5,8,11H2,1-2H3,(H,17,19). The number of rotatable bonds is 4. The second kappa shape index (κ2) is 5.83. The predicted molar refractivity (Wildman–Crippen MR) is 84.0 cm³/mol. The fourth-order valence-electron chi connectivity index (χ4n) is 3.19. The molecule has 2 unspecified atom stereocenters. The number of piperidine rings is 1. The average Bonchev–Trinajstić information content (AvgIpc) is 2.95. The summed E-state index contributed by atoms with van der Waals surface area (Å²) in [5.74, 6) is 0.737. The van der Waals surface area contributed by atoms with Crippen molar-refractivity contribution in [2.24, 2.45) is 5.92 Å². The molecule has 0 radical (unpaired) electrons. The molecular weight excluding hydrogens is 248 g/mol. The number of H-pyrrole nitrogens is 1. The molecule has 108 valence electrons. The summed E-state index contributed by atoms with van der Waals surface area (Å²) in [5, 5.41) is 11.9. The van der Waals surface area contributed by atoms with Crippen LogP contribution < -0.4 is 5.32 Å². The van der Waals surface area contributed by atoms with Gasteiger partial charge in [0, 0.05) is 23.7 Å². The minimum Gasteiger partial charge on any atom is -0.382 e. The van der Waals surface area contributed by atoms with Gasteiger partial charge in [0.15, 0.2) is 0 Å². The van der Waals surface area contributed by atoms with Crippen LogP contribution in [-0.4, -0.2) is 40.8 Å². The van der Waals surface area contributed by atoms with E-state index >= 15 is 0 Å². The molecule has 2 heterocycles. The molecule has 0 amide bonds. The van der Waals surface area contributed by atoms with Gasteiger partial charge in [-0.2, -0.15) is 5.10 Å². The average molecular weight is 272 g/mol. The van der Waals surface area contributed by atoms with Gasteiger partial charge >= 0.3 is 0 Å². The molecule has 1 saturated heterocycles. The second-order valence-electron chi connectivity index (χ2n) is 5.90. The number of hydrogen-bond acceptors (Lipinski definition) is 3. The number of anilines is 1. The highest BCUT2D eigenvalue weighted by atomic mass is 15.1. The molecule has 0 aliphatic carbocycles. The van der Waals surface area contributed by atoms with E-state index in [2.05, 4.69) is 52.5 Å². The van der Waals surface area contributed by atoms with Crippen LogP contribution in [0.25, 0.3) is 10.9 Å². The number of nitrogens with one attached hydrogen (secondary N) is 2. The van der Waals surface area contributed by atoms with Crippen molar-refractivity contribution in [2.45, 2.75) is 32.7 Å². The predicted octanol–water partition coefficient (Wildman–Crippen LogP) is 3.10. The summed E-state index contributed by atoms with van der Waals surface area (Å²) in [7, 11) is 0. The quantitative estimate of drug-likeness (QED) is 0.899. The summed E-state index contributed by atoms with van der Waals surface area (Å²) in [6.07, 6.45) is 4.52. The molecule has 20 heavy (non-hydrogen) atoms. The summed E-state index contributed by atoms with van der Waals surface area (Å²) in [6, 6.07) is 6.92. The smallest absolute Gasteiger partial charge is 0.0670 e. The van der Waals surface area contributed by atoms with Crippen molar-refractivity contribution in [1.29, 1.82) is 0 Å². The van der Waals surface area contributed by atoms with Gasteiger partial charge in [-0.15, -0.1) is 0 Å². The number of fused-ring (bicyclic) bond motifs is 1. The van der Waals surface area contributed by atoms with E-state index in [4.69, 9.17) is 0 Å². The highest BCUT2D eigenvalue weighted by molar-refractivity contribution is 5.81. The third kappa shape index (κ3) is 2.80. The summed E-state index contributed by atoms with van der Waals surface area (Å²) in [4.78, 5) is 2.56. The van der Waals surface area contributed by atoms with Gasteiger partial charge in [0.25, 0.3) is 0 Å². The fraction of sp³-hybridized carbons (Fsp3) is 0.562. The van der Waals surface area contributed by atoms with Crippen LogP contribution in [0, 0.1) is 5.92 Å². The van der Waals surface area contributed by atoms with Crippen molar-refractivity contribution < 1.29 is 0 Å². The van der Waals surface area contributed by atoms with Gasteiger partial charge in [0.2, 0.25) is 0 Å². The maximum atomic E-state index is 4.07. The van der Waals surface area contributed by atoms with Gasteiger partial charge in [-0.05, 0) is 57.0 Å². The molecule has 0 spiro atoms. The van der Waals surface area contributed by atoms with Crippen molar-refractivity contribution in [2.75, 3.05) is 25.0 Å². The molecule has 4 nitrogen and oxygen atoms in total. The lowest BCUT2D eigenvalue weighted by molar-refractivity contribution is 0.172. The Bertz CT molecular complexity index is 562. The number of nitrogens with zero attached hydrogens (tertiary/aromatic N) is 2. The first-order valence-corrected chi connectivity index (χ1v) is 7.68. The maximum Gasteiger partial charge on any atom is 0.0670 e. The highest BCUT2D eigenvalue weighted by Gasteiger charge is 2.23. The number of aromatic nitrogens is 2. The van der Waals surface area contributed by atoms with Gasteiger partial charge in [0.1, 0.15) is 0 Å². The van der Waals surface area contributed by atoms with Gasteiger partial charge in [-0.1, -0.05) is 6.92 Å². The van der Waals surface area contributed by atoms with Crippen LogP contribution in [0.5, 0.6) is 0 Å². The zero-order valence-corrected chi connectivity index (χ0v) is 12.4. The number of hydrogen-bond donors (Lipinski definition) is 2. The molecule has 0 saturated carbocycles. The summed E-state index contributed by atoms with van der Waals surface area (Å²) >= 11 is 0. The van der Waals surface area contributed by atoms with Crippen LogP contribution in [0.1, 0.15) is 26.7 Å². The van der Waals surface area contributed by atoms with Gasteiger partial charge in [0.05, 0.1) is 11.7 Å². The molecular formula is C16H24N4. The van der Waals surface area contributed by atoms with Crippen molar-refractivity contribution in [3.8, 4) is 0 Å². The lowest BCUT2D eigenvalue weighted by Crippen LogP contribution is -2.41. The van der Waals surface area contributed by atoms with Crippen molar-refractivity contribution in [3.05, 3.63) is 24.4 Å². The monoisotopic (exact) mass is 272 g/mol. The van der Waals surface area contributed by atoms with E-state index in [0.29, 0.717) is 6.04 Å². The van der Waals surface area contributed by atoms with Crippen LogP contribution in [0.4, 0.5) is 5.69 Å². The Morgan fingerprint density at radius 1 is 1.50 bits per heavy atom. The van der Waals surface area contributed by atoms with E-state index in [9.17, 15) is 0 Å². The maximum absolute atomic E-state index is 4.07. The molecule has 1 aliphatic heterocycles. The molecule has 2 aromatic rings. The SMILES string of the molecule is CCN1CCCC(C(C)Nc2ccc3cn[nH]c3c2)C1. The first-order valence-electron chi connectivity index (χ1n) is 7.68. The Labute approximate surface area is 120 Å². The van der Waals surface area contributed by atoms with Crippen LogP contribution in [0.2, 0.25) is 0 Å². The van der Waals surface area contributed by atoms with Gasteiger partial charge in [-0.25, -0.2) is 0 Å². The van der Waals surface area contributed by atoms with Crippen LogP contribution in [0.15, 0.2) is 24.4 Å². The molecule has 0 bridgehead atoms. The third-order valence-electron chi connectivity index (χ3n) is 4.53. The number of likely N-dealkylation sites (tertiary alicyclic amines) is 1. The Morgan fingerprint density at radius 2 is 2.40 bits per heavy atom. The van der Waals surface area contributed by atoms with E-state index in [1.54, 1.807) is 0 Å². The first kappa shape index (κ1) is 13.4. The molecule has 2 atom stereocenters. The summed E-state index contributed by atoms with van der Waals surface area (Å²) in [5.41, 5.74) is 2.28. The van der Waals surface area contributed by atoms with Crippen LogP contribution >= 0.6 is 0 Å². The van der Waals surface area contributed by atoms with Gasteiger partial charge in [-0.3, -0.25) is 5.10 Å². The Balaban J connectivity index is 1.66. The molecule has 1 aromatic carbocycles. The second-order valence-corrected chi connectivity index (χ2v) is 5.90. The first-order chi connectivity index (χ1) is 9.76. The minimum atomic E-state index is 0.504. The summed E-state index contributed by atoms with van der Waals surface area (Å²) in [6.45, 7) is 8.22. The van der Waals surface area contributed by atoms with Gasteiger partial charge < -0.3 is 10.2 Å². The van der Waals surface area contributed by atoms with Crippen molar-refractivity contribution in [1.82, 2.24) is 15.1 Å². The normalized spacial score (nSPS) is 22.0. The van der Waals surface area contributed by atoms with Crippen molar-refractivity contribution in [3.63, 3.8) is 0 Å². The number of benzene rings is 1. The highest BCUT2D eigenvalue weighted by Crippen LogP contribution is 2.23. The largest absolute Gasteiger partial charge is 0.382 e. The molecule has 3 rings (SSSR count). The molecule has 1 fully saturated rings. The van der Waals surface area contributed by atoms with Crippen LogP contribution in [0.3, 0.4) is 0 Å². The Morgan fingerprint density at radius 3 is 3.25 bits per heavy atom. The lowest BCUT2D eigenvalue weighted by Gasteiger charge is -2.35. The Hall–Kier alpha value is -1.55. The van der Waals surface area contributed by atoms with E-state index in [1.807, 2.05) is 6.20 Å². The van der Waals surface area contributed by atoms with Crippen molar-refractivity contribution >= 4 is 16.6 Å². The van der Waals surface area contributed by atoms with E-state index < -0.39 is 0 Å². The molecule has 4 heteroatoms. The minimum absolute atomic E-state index is 0.504. The molecule has 1 aliphatic rings. The number of aromatic amines is 1. The zero-order valence-electron chi connectivity index (χ0n) is 12.4.